The fraction of sp³-hybridized carbons (Fsp3) is 0.200. The molecule has 0 saturated carbocycles. The fourth-order valence-electron chi connectivity index (χ4n) is 1.11. The lowest BCUT2D eigenvalue weighted by molar-refractivity contribution is 0.738. The van der Waals surface area contributed by atoms with E-state index in [4.69, 9.17) is 17.3 Å². The summed E-state index contributed by atoms with van der Waals surface area (Å²) in [5.74, 6) is 0. The third kappa shape index (κ3) is 3.62. The van der Waals surface area contributed by atoms with Gasteiger partial charge in [-0.25, -0.2) is 0 Å². The van der Waals surface area contributed by atoms with Crippen molar-refractivity contribution in [1.82, 2.24) is 0 Å². The molecule has 0 amide bonds. The molecule has 0 fully saturated rings. The van der Waals surface area contributed by atoms with E-state index in [1.54, 1.807) is 0 Å². The highest BCUT2D eigenvalue weighted by atomic mass is 79.9. The Morgan fingerprint density at radius 2 is 2.21 bits per heavy atom. The molecule has 0 bridgehead atoms. The molecular weight excluding hydrogens is 285 g/mol. The van der Waals surface area contributed by atoms with Gasteiger partial charge in [0.1, 0.15) is 0 Å². The molecular formula is C10H12BrCl2N. The van der Waals surface area contributed by atoms with E-state index < -0.39 is 0 Å². The van der Waals surface area contributed by atoms with Gasteiger partial charge in [-0.2, -0.15) is 0 Å². The minimum Gasteiger partial charge on any atom is -0.324 e. The van der Waals surface area contributed by atoms with Gasteiger partial charge in [0.15, 0.2) is 0 Å². The summed E-state index contributed by atoms with van der Waals surface area (Å²) in [5.41, 5.74) is 6.97. The van der Waals surface area contributed by atoms with Crippen LogP contribution in [0.1, 0.15) is 18.0 Å². The number of rotatable bonds is 3. The number of hydrogen-bond donors (Lipinski definition) is 1. The van der Waals surface area contributed by atoms with Crippen LogP contribution in [0.2, 0.25) is 5.02 Å². The van der Waals surface area contributed by atoms with Gasteiger partial charge in [0, 0.05) is 15.5 Å². The van der Waals surface area contributed by atoms with Crippen molar-refractivity contribution in [2.45, 2.75) is 12.5 Å². The van der Waals surface area contributed by atoms with Crippen molar-refractivity contribution in [2.75, 3.05) is 0 Å². The first kappa shape index (κ1) is 14.0. The second kappa shape index (κ2) is 6.46. The minimum atomic E-state index is -0.0101. The van der Waals surface area contributed by atoms with Crippen LogP contribution in [0.4, 0.5) is 0 Å². The molecule has 0 radical (unpaired) electrons. The molecule has 1 aromatic carbocycles. The molecule has 1 rings (SSSR count). The molecule has 78 valence electrons. The number of nitrogens with two attached hydrogens (primary N) is 1. The third-order valence-corrected chi connectivity index (χ3v) is 2.70. The summed E-state index contributed by atoms with van der Waals surface area (Å²) in [6.07, 6.45) is 2.58. The van der Waals surface area contributed by atoms with Gasteiger partial charge in [0.25, 0.3) is 0 Å². The highest BCUT2D eigenvalue weighted by Crippen LogP contribution is 2.27. The smallest absolute Gasteiger partial charge is 0.0417 e. The molecule has 2 N–H and O–H groups in total. The van der Waals surface area contributed by atoms with Gasteiger partial charge in [-0.1, -0.05) is 39.7 Å². The van der Waals surface area contributed by atoms with Gasteiger partial charge < -0.3 is 5.73 Å². The Labute approximate surface area is 104 Å². The maximum Gasteiger partial charge on any atom is 0.0417 e. The van der Waals surface area contributed by atoms with Crippen molar-refractivity contribution in [3.05, 3.63) is 45.9 Å². The summed E-state index contributed by atoms with van der Waals surface area (Å²) >= 11 is 9.23. The van der Waals surface area contributed by atoms with Gasteiger partial charge in [-0.3, -0.25) is 0 Å². The monoisotopic (exact) mass is 295 g/mol. The number of benzene rings is 1. The van der Waals surface area contributed by atoms with Gasteiger partial charge in [-0.15, -0.1) is 19.0 Å². The highest BCUT2D eigenvalue weighted by Gasteiger charge is 2.07. The summed E-state index contributed by atoms with van der Waals surface area (Å²) in [6.45, 7) is 3.65. The zero-order chi connectivity index (χ0) is 9.84. The van der Waals surface area contributed by atoms with Crippen molar-refractivity contribution in [3.8, 4) is 0 Å². The molecule has 0 aliphatic heterocycles. The maximum atomic E-state index is 5.91. The molecule has 0 aliphatic carbocycles. The molecule has 0 spiro atoms. The van der Waals surface area contributed by atoms with E-state index >= 15 is 0 Å². The topological polar surface area (TPSA) is 26.0 Å². The predicted octanol–water partition coefficient (Wildman–Crippen LogP) is 4.10. The van der Waals surface area contributed by atoms with E-state index in [0.717, 1.165) is 16.5 Å². The van der Waals surface area contributed by atoms with Gasteiger partial charge in [0.2, 0.25) is 0 Å². The van der Waals surface area contributed by atoms with Crippen LogP contribution in [-0.2, 0) is 0 Å². The molecule has 0 saturated heterocycles. The van der Waals surface area contributed by atoms with Crippen molar-refractivity contribution < 1.29 is 0 Å². The van der Waals surface area contributed by atoms with Crippen molar-refractivity contribution in [3.63, 3.8) is 0 Å². The van der Waals surface area contributed by atoms with Crippen LogP contribution in [0.15, 0.2) is 35.3 Å². The summed E-state index contributed by atoms with van der Waals surface area (Å²) < 4.78 is 0.953. The second-order valence-corrected chi connectivity index (χ2v) is 4.09. The van der Waals surface area contributed by atoms with Crippen LogP contribution in [0.3, 0.4) is 0 Å². The van der Waals surface area contributed by atoms with E-state index in [2.05, 4.69) is 22.5 Å². The van der Waals surface area contributed by atoms with E-state index in [0.29, 0.717) is 5.02 Å². The quantitative estimate of drug-likeness (QED) is 0.835. The fourth-order valence-corrected chi connectivity index (χ4v) is 2.09. The van der Waals surface area contributed by atoms with Crippen molar-refractivity contribution in [2.24, 2.45) is 5.73 Å². The molecule has 14 heavy (non-hydrogen) atoms. The molecule has 1 atom stereocenters. The third-order valence-electron chi connectivity index (χ3n) is 1.78. The number of hydrogen-bond acceptors (Lipinski definition) is 1. The standard InChI is InChI=1S/C10H11BrClN.ClH/c1-2-3-10(13)8-5-4-7(12)6-9(8)11;/h2,4-6,10H,1,3,13H2;1H/t10-;/m1./s1. The van der Waals surface area contributed by atoms with Crippen LogP contribution in [0.5, 0.6) is 0 Å². The largest absolute Gasteiger partial charge is 0.324 e. The Morgan fingerprint density at radius 1 is 1.57 bits per heavy atom. The second-order valence-electron chi connectivity index (χ2n) is 2.80. The average molecular weight is 297 g/mol. The molecule has 1 aromatic rings. The van der Waals surface area contributed by atoms with Crippen LogP contribution < -0.4 is 5.73 Å². The van der Waals surface area contributed by atoms with Gasteiger partial charge in [-0.05, 0) is 24.1 Å². The van der Waals surface area contributed by atoms with Crippen molar-refractivity contribution >= 4 is 39.9 Å². The highest BCUT2D eigenvalue weighted by molar-refractivity contribution is 9.10. The Bertz CT molecular complexity index is 315. The summed E-state index contributed by atoms with van der Waals surface area (Å²) in [5, 5.41) is 0.710. The van der Waals surface area contributed by atoms with Crippen LogP contribution in [0.25, 0.3) is 0 Å². The summed E-state index contributed by atoms with van der Waals surface area (Å²) in [7, 11) is 0. The van der Waals surface area contributed by atoms with Gasteiger partial charge in [0.05, 0.1) is 0 Å². The summed E-state index contributed by atoms with van der Waals surface area (Å²) in [4.78, 5) is 0. The molecule has 0 aromatic heterocycles. The Balaban J connectivity index is 0.00000169. The Kier molecular flexibility index (Phi) is 6.45. The van der Waals surface area contributed by atoms with Crippen molar-refractivity contribution in [1.29, 1.82) is 0 Å². The average Bonchev–Trinajstić information content (AvgIpc) is 2.04. The minimum absolute atomic E-state index is 0. The van der Waals surface area contributed by atoms with E-state index in [1.807, 2.05) is 24.3 Å². The van der Waals surface area contributed by atoms with Crippen LogP contribution in [-0.4, -0.2) is 0 Å². The molecule has 1 nitrogen and oxygen atoms in total. The normalized spacial score (nSPS) is 11.6. The van der Waals surface area contributed by atoms with Crippen LogP contribution in [0, 0.1) is 0 Å². The first-order valence-electron chi connectivity index (χ1n) is 3.96. The number of halogens is 3. The maximum absolute atomic E-state index is 5.91. The van der Waals surface area contributed by atoms with E-state index in [-0.39, 0.29) is 18.4 Å². The Morgan fingerprint density at radius 3 is 2.71 bits per heavy atom. The molecule has 0 unspecified atom stereocenters. The van der Waals surface area contributed by atoms with E-state index in [9.17, 15) is 0 Å². The molecule has 0 heterocycles. The molecule has 0 aliphatic rings. The SMILES string of the molecule is C=CC[C@@H](N)c1ccc(Cl)cc1Br.Cl. The molecule has 4 heteroatoms. The zero-order valence-electron chi connectivity index (χ0n) is 7.54. The van der Waals surface area contributed by atoms with E-state index in [1.165, 1.54) is 0 Å². The first-order valence-corrected chi connectivity index (χ1v) is 5.13. The zero-order valence-corrected chi connectivity index (χ0v) is 10.7. The van der Waals surface area contributed by atoms with Gasteiger partial charge >= 0.3 is 0 Å². The lowest BCUT2D eigenvalue weighted by Gasteiger charge is -2.11. The first-order chi connectivity index (χ1) is 6.15. The predicted molar refractivity (Wildman–Crippen MR) is 68.1 cm³/mol. The lowest BCUT2D eigenvalue weighted by atomic mass is 10.1. The Hall–Kier alpha value is -0.0200. The summed E-state index contributed by atoms with van der Waals surface area (Å²) in [6, 6.07) is 5.61. The lowest BCUT2D eigenvalue weighted by Crippen LogP contribution is -2.09. The van der Waals surface area contributed by atoms with Crippen LogP contribution >= 0.6 is 39.9 Å².